The fraction of sp³-hybridized carbons (Fsp3) is 0.357. The molecule has 0 atom stereocenters. The largest absolute Gasteiger partial charge is 0.493 e. The van der Waals surface area contributed by atoms with Gasteiger partial charge in [-0.25, -0.2) is 0 Å². The Morgan fingerprint density at radius 3 is 2.36 bits per heavy atom. The van der Waals surface area contributed by atoms with Crippen LogP contribution in [0.5, 0.6) is 11.5 Å². The number of halogens is 1. The van der Waals surface area contributed by atoms with E-state index in [1.807, 2.05) is 0 Å². The molecule has 5 heteroatoms. The van der Waals surface area contributed by atoms with Crippen molar-refractivity contribution in [2.75, 3.05) is 20.2 Å². The summed E-state index contributed by atoms with van der Waals surface area (Å²) in [4.78, 5) is 2.55. The van der Waals surface area contributed by atoms with Gasteiger partial charge >= 0.3 is 0 Å². The number of nitrogens with zero attached hydrogens (tertiary/aromatic N) is 1. The lowest BCUT2D eigenvalue weighted by atomic mass is 10.0. The summed E-state index contributed by atoms with van der Waals surface area (Å²) in [6, 6.07) is 23.9. The van der Waals surface area contributed by atoms with E-state index in [0.717, 1.165) is 47.7 Å². The molecule has 3 aromatic rings. The first-order valence-corrected chi connectivity index (χ1v) is 12.4. The summed E-state index contributed by atoms with van der Waals surface area (Å²) in [5.74, 6) is 1.50. The lowest BCUT2D eigenvalue weighted by molar-refractivity contribution is 0.190. The standard InChI is InChI=1S/C28H33BrN2O2/c1-21-8-10-23(11-9-21)20-33-28-26(29)16-24(17-27(28)32-2)18-30-25-12-14-31(15-13-25)19-22-6-4-3-5-7-22/h3-11,16-17,25,30H,12-15,18-20H2,1-2H3. The third-order valence-electron chi connectivity index (χ3n) is 6.22. The second-order valence-electron chi connectivity index (χ2n) is 8.80. The minimum atomic E-state index is 0.508. The predicted molar refractivity (Wildman–Crippen MR) is 138 cm³/mol. The molecule has 1 aliphatic heterocycles. The van der Waals surface area contributed by atoms with E-state index in [1.165, 1.54) is 29.5 Å². The van der Waals surface area contributed by atoms with Crippen LogP contribution >= 0.6 is 15.9 Å². The van der Waals surface area contributed by atoms with Gasteiger partial charge in [0.15, 0.2) is 11.5 Å². The number of hydrogen-bond donors (Lipinski definition) is 1. The highest BCUT2D eigenvalue weighted by molar-refractivity contribution is 9.10. The zero-order valence-corrected chi connectivity index (χ0v) is 21.1. The summed E-state index contributed by atoms with van der Waals surface area (Å²) in [5.41, 5.74) is 4.97. The lowest BCUT2D eigenvalue weighted by Gasteiger charge is -2.32. The molecule has 3 aromatic carbocycles. The highest BCUT2D eigenvalue weighted by atomic mass is 79.9. The Labute approximate surface area is 206 Å². The molecular weight excluding hydrogens is 476 g/mol. The van der Waals surface area contributed by atoms with Crippen molar-refractivity contribution in [1.82, 2.24) is 10.2 Å². The normalized spacial score (nSPS) is 14.9. The van der Waals surface area contributed by atoms with Gasteiger partial charge in [0.05, 0.1) is 11.6 Å². The molecule has 1 N–H and O–H groups in total. The third kappa shape index (κ3) is 6.83. The Balaban J connectivity index is 1.28. The minimum Gasteiger partial charge on any atom is -0.493 e. The van der Waals surface area contributed by atoms with E-state index in [2.05, 4.69) is 99.8 Å². The third-order valence-corrected chi connectivity index (χ3v) is 6.81. The Morgan fingerprint density at radius 1 is 0.939 bits per heavy atom. The van der Waals surface area contributed by atoms with Crippen molar-refractivity contribution >= 4 is 15.9 Å². The molecule has 0 radical (unpaired) electrons. The van der Waals surface area contributed by atoms with Crippen molar-refractivity contribution in [2.24, 2.45) is 0 Å². The first kappa shape index (κ1) is 23.8. The van der Waals surface area contributed by atoms with Crippen molar-refractivity contribution in [3.63, 3.8) is 0 Å². The number of benzene rings is 3. The first-order chi connectivity index (χ1) is 16.1. The van der Waals surface area contributed by atoms with Crippen molar-refractivity contribution in [3.05, 3.63) is 93.5 Å². The number of nitrogens with one attached hydrogen (secondary N) is 1. The topological polar surface area (TPSA) is 33.7 Å². The Kier molecular flexibility index (Phi) is 8.43. The van der Waals surface area contributed by atoms with Crippen molar-refractivity contribution in [1.29, 1.82) is 0 Å². The van der Waals surface area contributed by atoms with E-state index in [4.69, 9.17) is 9.47 Å². The molecule has 1 heterocycles. The van der Waals surface area contributed by atoms with E-state index in [1.54, 1.807) is 7.11 Å². The number of likely N-dealkylation sites (tertiary alicyclic amines) is 1. The van der Waals surface area contributed by atoms with Crippen LogP contribution in [-0.4, -0.2) is 31.1 Å². The molecule has 4 nitrogen and oxygen atoms in total. The lowest BCUT2D eigenvalue weighted by Crippen LogP contribution is -2.41. The molecule has 174 valence electrons. The van der Waals surface area contributed by atoms with Crippen LogP contribution in [0, 0.1) is 6.92 Å². The summed E-state index contributed by atoms with van der Waals surface area (Å²) in [5, 5.41) is 3.74. The maximum atomic E-state index is 6.10. The predicted octanol–water partition coefficient (Wildman–Crippen LogP) is 6.10. The molecule has 1 saturated heterocycles. The molecule has 4 rings (SSSR count). The Hall–Kier alpha value is -2.34. The van der Waals surface area contributed by atoms with Gasteiger partial charge in [-0.05, 0) is 77.6 Å². The van der Waals surface area contributed by atoms with E-state index in [9.17, 15) is 0 Å². The smallest absolute Gasteiger partial charge is 0.175 e. The molecule has 0 unspecified atom stereocenters. The molecule has 33 heavy (non-hydrogen) atoms. The highest BCUT2D eigenvalue weighted by Crippen LogP contribution is 2.37. The number of hydrogen-bond acceptors (Lipinski definition) is 4. The summed E-state index contributed by atoms with van der Waals surface area (Å²) in [6.45, 7) is 6.72. The summed E-state index contributed by atoms with van der Waals surface area (Å²) < 4.78 is 12.7. The monoisotopic (exact) mass is 508 g/mol. The van der Waals surface area contributed by atoms with Crippen molar-refractivity contribution < 1.29 is 9.47 Å². The van der Waals surface area contributed by atoms with Gasteiger partial charge in [0.1, 0.15) is 6.61 Å². The molecule has 0 saturated carbocycles. The SMILES string of the molecule is COc1cc(CNC2CCN(Cc3ccccc3)CC2)cc(Br)c1OCc1ccc(C)cc1. The van der Waals surface area contributed by atoms with E-state index in [0.29, 0.717) is 12.6 Å². The van der Waals surface area contributed by atoms with Crippen LogP contribution < -0.4 is 14.8 Å². The highest BCUT2D eigenvalue weighted by Gasteiger charge is 2.19. The number of aryl methyl sites for hydroxylation is 1. The van der Waals surface area contributed by atoms with Gasteiger partial charge in [-0.2, -0.15) is 0 Å². The second kappa shape index (κ2) is 11.7. The second-order valence-corrected chi connectivity index (χ2v) is 9.65. The molecular formula is C28H33BrN2O2. The fourth-order valence-corrected chi connectivity index (χ4v) is 4.86. The van der Waals surface area contributed by atoms with Crippen molar-refractivity contribution in [3.8, 4) is 11.5 Å². The van der Waals surface area contributed by atoms with Gasteiger partial charge in [0, 0.05) is 19.1 Å². The average Bonchev–Trinajstić information content (AvgIpc) is 2.84. The van der Waals surface area contributed by atoms with Gasteiger partial charge in [-0.1, -0.05) is 60.2 Å². The maximum Gasteiger partial charge on any atom is 0.175 e. The number of methoxy groups -OCH3 is 1. The quantitative estimate of drug-likeness (QED) is 0.378. The van der Waals surface area contributed by atoms with Crippen molar-refractivity contribution in [2.45, 2.75) is 45.5 Å². The summed E-state index contributed by atoms with van der Waals surface area (Å²) in [7, 11) is 1.69. The number of piperidine rings is 1. The molecule has 0 bridgehead atoms. The molecule has 0 aromatic heterocycles. The number of ether oxygens (including phenoxy) is 2. The Bertz CT molecular complexity index is 1020. The minimum absolute atomic E-state index is 0.508. The average molecular weight is 509 g/mol. The molecule has 1 fully saturated rings. The van der Waals surface area contributed by atoms with Crippen LogP contribution in [0.15, 0.2) is 71.2 Å². The number of rotatable bonds is 9. The molecule has 1 aliphatic rings. The first-order valence-electron chi connectivity index (χ1n) is 11.6. The Morgan fingerprint density at radius 2 is 1.67 bits per heavy atom. The van der Waals surface area contributed by atoms with Gasteiger partial charge in [0.25, 0.3) is 0 Å². The van der Waals surface area contributed by atoms with Crippen LogP contribution in [-0.2, 0) is 19.7 Å². The van der Waals surface area contributed by atoms with Crippen LogP contribution in [0.25, 0.3) is 0 Å². The van der Waals surface area contributed by atoms with Gasteiger partial charge < -0.3 is 14.8 Å². The summed E-state index contributed by atoms with van der Waals surface area (Å²) >= 11 is 3.69. The van der Waals surface area contributed by atoms with Crippen LogP contribution in [0.1, 0.15) is 35.1 Å². The van der Waals surface area contributed by atoms with Gasteiger partial charge in [-0.15, -0.1) is 0 Å². The van der Waals surface area contributed by atoms with Crippen LogP contribution in [0.2, 0.25) is 0 Å². The zero-order valence-electron chi connectivity index (χ0n) is 19.5. The van der Waals surface area contributed by atoms with E-state index in [-0.39, 0.29) is 0 Å². The van der Waals surface area contributed by atoms with Crippen LogP contribution in [0.4, 0.5) is 0 Å². The summed E-state index contributed by atoms with van der Waals surface area (Å²) in [6.07, 6.45) is 2.34. The van der Waals surface area contributed by atoms with Gasteiger partial charge in [0.2, 0.25) is 0 Å². The molecule has 0 amide bonds. The van der Waals surface area contributed by atoms with E-state index >= 15 is 0 Å². The van der Waals surface area contributed by atoms with Crippen LogP contribution in [0.3, 0.4) is 0 Å². The van der Waals surface area contributed by atoms with Gasteiger partial charge in [-0.3, -0.25) is 4.90 Å². The molecule has 0 aliphatic carbocycles. The fourth-order valence-electron chi connectivity index (χ4n) is 4.25. The maximum absolute atomic E-state index is 6.10. The molecule has 0 spiro atoms. The zero-order chi connectivity index (χ0) is 23.0. The van der Waals surface area contributed by atoms with E-state index < -0.39 is 0 Å².